The van der Waals surface area contributed by atoms with Gasteiger partial charge in [-0.05, 0) is 13.3 Å². The predicted octanol–water partition coefficient (Wildman–Crippen LogP) is 0.218. The van der Waals surface area contributed by atoms with E-state index in [9.17, 15) is 9.59 Å². The molecule has 13 heavy (non-hydrogen) atoms. The molecule has 0 saturated carbocycles. The fraction of sp³-hybridized carbons (Fsp3) is 0.500. The maximum absolute atomic E-state index is 11.2. The quantitative estimate of drug-likeness (QED) is 0.624. The number of hydrogen-bond acceptors (Lipinski definition) is 3. The molecular weight excluding hydrogens is 172 g/mol. The molecule has 0 atom stereocenters. The molecule has 1 heterocycles. The standard InChI is InChI=1S/C8H12N2O3/c1-2-6(7(9)11)10-4-3-5-13-8(10)12/h2H,3-5H2,1H3,(H2,9,11). The third-order valence-corrected chi connectivity index (χ3v) is 1.79. The zero-order chi connectivity index (χ0) is 9.84. The molecular formula is C8H12N2O3. The summed E-state index contributed by atoms with van der Waals surface area (Å²) in [4.78, 5) is 23.3. The van der Waals surface area contributed by atoms with Crippen LogP contribution in [-0.2, 0) is 9.53 Å². The Morgan fingerprint density at radius 1 is 1.69 bits per heavy atom. The molecule has 1 saturated heterocycles. The van der Waals surface area contributed by atoms with Gasteiger partial charge in [-0.15, -0.1) is 0 Å². The van der Waals surface area contributed by atoms with Gasteiger partial charge in [0.25, 0.3) is 5.91 Å². The summed E-state index contributed by atoms with van der Waals surface area (Å²) >= 11 is 0. The van der Waals surface area contributed by atoms with Gasteiger partial charge < -0.3 is 10.5 Å². The smallest absolute Gasteiger partial charge is 0.414 e. The van der Waals surface area contributed by atoms with Crippen molar-refractivity contribution in [1.82, 2.24) is 4.90 Å². The number of allylic oxidation sites excluding steroid dienone is 1. The van der Waals surface area contributed by atoms with E-state index in [-0.39, 0.29) is 5.70 Å². The lowest BCUT2D eigenvalue weighted by molar-refractivity contribution is -0.116. The molecule has 5 nitrogen and oxygen atoms in total. The van der Waals surface area contributed by atoms with Gasteiger partial charge in [0, 0.05) is 6.54 Å². The van der Waals surface area contributed by atoms with E-state index in [1.165, 1.54) is 11.0 Å². The van der Waals surface area contributed by atoms with E-state index in [1.54, 1.807) is 6.92 Å². The summed E-state index contributed by atoms with van der Waals surface area (Å²) in [7, 11) is 0. The van der Waals surface area contributed by atoms with E-state index in [1.807, 2.05) is 0 Å². The van der Waals surface area contributed by atoms with E-state index in [0.717, 1.165) is 6.42 Å². The Morgan fingerprint density at radius 3 is 2.85 bits per heavy atom. The molecule has 1 rings (SSSR count). The van der Waals surface area contributed by atoms with Crippen LogP contribution < -0.4 is 5.73 Å². The molecule has 0 aromatic carbocycles. The second kappa shape index (κ2) is 3.93. The Hall–Kier alpha value is -1.52. The normalized spacial score (nSPS) is 18.4. The van der Waals surface area contributed by atoms with E-state index >= 15 is 0 Å². The van der Waals surface area contributed by atoms with Gasteiger partial charge in [-0.25, -0.2) is 4.79 Å². The summed E-state index contributed by atoms with van der Waals surface area (Å²) in [6.07, 6.45) is 1.73. The van der Waals surface area contributed by atoms with Crippen molar-refractivity contribution in [2.75, 3.05) is 13.2 Å². The van der Waals surface area contributed by atoms with Crippen LogP contribution >= 0.6 is 0 Å². The zero-order valence-corrected chi connectivity index (χ0v) is 7.45. The molecule has 1 fully saturated rings. The van der Waals surface area contributed by atoms with Crippen LogP contribution in [0.4, 0.5) is 4.79 Å². The van der Waals surface area contributed by atoms with Crippen LogP contribution in [0.2, 0.25) is 0 Å². The van der Waals surface area contributed by atoms with Crippen molar-refractivity contribution >= 4 is 12.0 Å². The summed E-state index contributed by atoms with van der Waals surface area (Å²) in [6, 6.07) is 0. The molecule has 5 heteroatoms. The molecule has 0 bridgehead atoms. The minimum atomic E-state index is -0.610. The molecule has 2 N–H and O–H groups in total. The Morgan fingerprint density at radius 2 is 2.38 bits per heavy atom. The maximum Gasteiger partial charge on any atom is 0.414 e. The van der Waals surface area contributed by atoms with Gasteiger partial charge >= 0.3 is 6.09 Å². The van der Waals surface area contributed by atoms with Gasteiger partial charge in [0.05, 0.1) is 6.61 Å². The Labute approximate surface area is 76.1 Å². The number of nitrogens with two attached hydrogens (primary N) is 1. The number of rotatable bonds is 2. The average Bonchev–Trinajstić information content (AvgIpc) is 2.09. The summed E-state index contributed by atoms with van der Waals surface area (Å²) < 4.78 is 4.76. The van der Waals surface area contributed by atoms with Gasteiger partial charge in [0.2, 0.25) is 0 Å². The molecule has 0 spiro atoms. The molecule has 0 unspecified atom stereocenters. The molecule has 2 amide bonds. The van der Waals surface area contributed by atoms with Crippen molar-refractivity contribution in [3.05, 3.63) is 11.8 Å². The van der Waals surface area contributed by atoms with Crippen LogP contribution in [0.5, 0.6) is 0 Å². The maximum atomic E-state index is 11.2. The number of cyclic esters (lactones) is 1. The summed E-state index contributed by atoms with van der Waals surface area (Å²) in [5, 5.41) is 0. The number of hydrogen-bond donors (Lipinski definition) is 1. The number of ether oxygens (including phenoxy) is 1. The van der Waals surface area contributed by atoms with Crippen LogP contribution in [-0.4, -0.2) is 30.1 Å². The first-order valence-electron chi connectivity index (χ1n) is 4.07. The number of amides is 2. The van der Waals surface area contributed by atoms with Crippen LogP contribution in [0.15, 0.2) is 11.8 Å². The first-order chi connectivity index (χ1) is 6.16. The van der Waals surface area contributed by atoms with Crippen molar-refractivity contribution in [3.8, 4) is 0 Å². The topological polar surface area (TPSA) is 72.6 Å². The second-order valence-corrected chi connectivity index (χ2v) is 2.66. The van der Waals surface area contributed by atoms with Crippen LogP contribution in [0.3, 0.4) is 0 Å². The summed E-state index contributed by atoms with van der Waals surface area (Å²) in [6.45, 7) is 2.55. The zero-order valence-electron chi connectivity index (χ0n) is 7.45. The van der Waals surface area contributed by atoms with Gasteiger partial charge in [-0.3, -0.25) is 9.69 Å². The van der Waals surface area contributed by atoms with Crippen LogP contribution in [0.1, 0.15) is 13.3 Å². The van der Waals surface area contributed by atoms with Crippen molar-refractivity contribution < 1.29 is 14.3 Å². The molecule has 72 valence electrons. The van der Waals surface area contributed by atoms with E-state index in [2.05, 4.69) is 0 Å². The molecule has 0 aliphatic carbocycles. The first-order valence-corrected chi connectivity index (χ1v) is 4.07. The first kappa shape index (κ1) is 9.57. The minimum absolute atomic E-state index is 0.199. The van der Waals surface area contributed by atoms with E-state index < -0.39 is 12.0 Å². The van der Waals surface area contributed by atoms with Gasteiger partial charge in [0.1, 0.15) is 5.70 Å². The van der Waals surface area contributed by atoms with E-state index in [4.69, 9.17) is 10.5 Å². The van der Waals surface area contributed by atoms with Crippen molar-refractivity contribution in [1.29, 1.82) is 0 Å². The lowest BCUT2D eigenvalue weighted by Crippen LogP contribution is -2.41. The van der Waals surface area contributed by atoms with Crippen molar-refractivity contribution in [2.45, 2.75) is 13.3 Å². The number of nitrogens with zero attached hydrogens (tertiary/aromatic N) is 1. The molecule has 1 aliphatic heterocycles. The molecule has 0 aromatic rings. The number of carbonyl (C=O) groups is 2. The third-order valence-electron chi connectivity index (χ3n) is 1.79. The highest BCUT2D eigenvalue weighted by molar-refractivity contribution is 5.95. The van der Waals surface area contributed by atoms with Crippen molar-refractivity contribution in [2.24, 2.45) is 5.73 Å². The summed E-state index contributed by atoms with van der Waals surface area (Å²) in [5.74, 6) is -0.610. The highest BCUT2D eigenvalue weighted by atomic mass is 16.6. The fourth-order valence-electron chi connectivity index (χ4n) is 1.20. The van der Waals surface area contributed by atoms with Crippen LogP contribution in [0, 0.1) is 0 Å². The number of primary amides is 1. The molecule has 1 aliphatic rings. The highest BCUT2D eigenvalue weighted by Gasteiger charge is 2.25. The Kier molecular flexibility index (Phi) is 2.89. The molecule has 0 aromatic heterocycles. The SMILES string of the molecule is CC=C(C(N)=O)N1CCCOC1=O. The van der Waals surface area contributed by atoms with Gasteiger partial charge in [-0.2, -0.15) is 0 Å². The Bertz CT molecular complexity index is 260. The largest absolute Gasteiger partial charge is 0.449 e. The van der Waals surface area contributed by atoms with Crippen LogP contribution in [0.25, 0.3) is 0 Å². The van der Waals surface area contributed by atoms with Gasteiger partial charge in [-0.1, -0.05) is 6.08 Å². The van der Waals surface area contributed by atoms with Crippen molar-refractivity contribution in [3.63, 3.8) is 0 Å². The lowest BCUT2D eigenvalue weighted by atomic mass is 10.3. The lowest BCUT2D eigenvalue weighted by Gasteiger charge is -2.26. The highest BCUT2D eigenvalue weighted by Crippen LogP contribution is 2.11. The minimum Gasteiger partial charge on any atom is -0.449 e. The predicted molar refractivity (Wildman–Crippen MR) is 45.6 cm³/mol. The third kappa shape index (κ3) is 1.99. The monoisotopic (exact) mass is 184 g/mol. The van der Waals surface area contributed by atoms with Gasteiger partial charge in [0.15, 0.2) is 0 Å². The average molecular weight is 184 g/mol. The Balaban J connectivity index is 2.78. The van der Waals surface area contributed by atoms with E-state index in [0.29, 0.717) is 13.2 Å². The summed E-state index contributed by atoms with van der Waals surface area (Å²) in [5.41, 5.74) is 5.28. The number of carbonyl (C=O) groups excluding carboxylic acids is 2. The molecule has 0 radical (unpaired) electrons. The second-order valence-electron chi connectivity index (χ2n) is 2.66. The fourth-order valence-corrected chi connectivity index (χ4v) is 1.20.